The molecule has 118 valence electrons. The average molecular weight is 310 g/mol. The molecule has 1 aromatic rings. The standard InChI is InChI=1S/C18H28ClNO/c1-18(2,3)13-6-5-12(11-20)15(9-13)16-10-14(19)7-8-17(16)21-4/h7-8,10,12-13,15H,5-6,9,11,20H2,1-4H3. The fourth-order valence-corrected chi connectivity index (χ4v) is 3.86. The molecule has 1 aliphatic carbocycles. The second kappa shape index (κ2) is 6.58. The lowest BCUT2D eigenvalue weighted by Crippen LogP contribution is -2.34. The van der Waals surface area contributed by atoms with Gasteiger partial charge in [-0.3, -0.25) is 0 Å². The van der Waals surface area contributed by atoms with E-state index < -0.39 is 0 Å². The fraction of sp³-hybridized carbons (Fsp3) is 0.667. The summed E-state index contributed by atoms with van der Waals surface area (Å²) in [6.07, 6.45) is 3.63. The van der Waals surface area contributed by atoms with E-state index in [4.69, 9.17) is 22.1 Å². The first-order chi connectivity index (χ1) is 9.86. The lowest BCUT2D eigenvalue weighted by atomic mass is 9.64. The van der Waals surface area contributed by atoms with Crippen molar-refractivity contribution in [1.29, 1.82) is 0 Å². The van der Waals surface area contributed by atoms with E-state index in [1.54, 1.807) is 7.11 Å². The molecule has 2 N–H and O–H groups in total. The summed E-state index contributed by atoms with van der Waals surface area (Å²) in [5, 5.41) is 0.777. The minimum atomic E-state index is 0.337. The molecule has 1 aliphatic rings. The predicted octanol–water partition coefficient (Wildman–Crippen LogP) is 4.85. The van der Waals surface area contributed by atoms with Gasteiger partial charge in [0.2, 0.25) is 0 Å². The molecule has 0 saturated heterocycles. The first-order valence-corrected chi connectivity index (χ1v) is 8.28. The van der Waals surface area contributed by atoms with Crippen LogP contribution in [0.5, 0.6) is 5.75 Å². The second-order valence-corrected chi connectivity index (χ2v) is 7.80. The molecule has 2 nitrogen and oxygen atoms in total. The van der Waals surface area contributed by atoms with Crippen LogP contribution >= 0.6 is 11.6 Å². The van der Waals surface area contributed by atoms with Crippen molar-refractivity contribution in [2.24, 2.45) is 23.0 Å². The molecule has 2 rings (SSSR count). The quantitative estimate of drug-likeness (QED) is 0.866. The summed E-state index contributed by atoms with van der Waals surface area (Å²) in [7, 11) is 1.73. The average Bonchev–Trinajstić information content (AvgIpc) is 2.45. The third kappa shape index (κ3) is 3.73. The molecule has 0 radical (unpaired) electrons. The number of nitrogens with two attached hydrogens (primary N) is 1. The highest BCUT2D eigenvalue weighted by atomic mass is 35.5. The topological polar surface area (TPSA) is 35.2 Å². The van der Waals surface area contributed by atoms with Gasteiger partial charge >= 0.3 is 0 Å². The van der Waals surface area contributed by atoms with Crippen LogP contribution in [0.25, 0.3) is 0 Å². The first kappa shape index (κ1) is 16.6. The Morgan fingerprint density at radius 3 is 2.57 bits per heavy atom. The minimum absolute atomic E-state index is 0.337. The van der Waals surface area contributed by atoms with E-state index in [0.717, 1.165) is 17.3 Å². The molecule has 0 aromatic heterocycles. The minimum Gasteiger partial charge on any atom is -0.496 e. The van der Waals surface area contributed by atoms with Crippen molar-refractivity contribution in [2.45, 2.75) is 46.0 Å². The van der Waals surface area contributed by atoms with Crippen molar-refractivity contribution in [3.63, 3.8) is 0 Å². The number of hydrogen-bond acceptors (Lipinski definition) is 2. The van der Waals surface area contributed by atoms with Gasteiger partial charge in [0, 0.05) is 5.02 Å². The lowest BCUT2D eigenvalue weighted by molar-refractivity contribution is 0.132. The molecule has 3 atom stereocenters. The molecular formula is C18H28ClNO. The summed E-state index contributed by atoms with van der Waals surface area (Å²) in [4.78, 5) is 0. The third-order valence-electron chi connectivity index (χ3n) is 5.11. The van der Waals surface area contributed by atoms with Gasteiger partial charge in [0.25, 0.3) is 0 Å². The van der Waals surface area contributed by atoms with E-state index in [1.165, 1.54) is 24.8 Å². The Balaban J connectivity index is 2.35. The zero-order valence-electron chi connectivity index (χ0n) is 13.7. The number of ether oxygens (including phenoxy) is 1. The maximum absolute atomic E-state index is 6.22. The Morgan fingerprint density at radius 1 is 1.29 bits per heavy atom. The van der Waals surface area contributed by atoms with Gasteiger partial charge in [0.15, 0.2) is 0 Å². The number of methoxy groups -OCH3 is 1. The van der Waals surface area contributed by atoms with Gasteiger partial charge in [0.05, 0.1) is 7.11 Å². The van der Waals surface area contributed by atoms with Crippen LogP contribution in [0.4, 0.5) is 0 Å². The molecule has 21 heavy (non-hydrogen) atoms. The lowest BCUT2D eigenvalue weighted by Gasteiger charge is -2.42. The van der Waals surface area contributed by atoms with E-state index in [0.29, 0.717) is 23.2 Å². The normalized spacial score (nSPS) is 26.7. The van der Waals surface area contributed by atoms with Crippen molar-refractivity contribution >= 4 is 11.6 Å². The van der Waals surface area contributed by atoms with E-state index >= 15 is 0 Å². The summed E-state index contributed by atoms with van der Waals surface area (Å²) in [5.74, 6) is 2.63. The smallest absolute Gasteiger partial charge is 0.122 e. The number of halogens is 1. The van der Waals surface area contributed by atoms with Crippen molar-refractivity contribution in [2.75, 3.05) is 13.7 Å². The largest absolute Gasteiger partial charge is 0.496 e. The Bertz CT molecular complexity index is 481. The van der Waals surface area contributed by atoms with Crippen LogP contribution < -0.4 is 10.5 Å². The molecule has 0 heterocycles. The molecule has 3 heteroatoms. The SMILES string of the molecule is COc1ccc(Cl)cc1C1CC(C(C)(C)C)CCC1CN. The molecule has 0 aliphatic heterocycles. The Hall–Kier alpha value is -0.730. The summed E-state index contributed by atoms with van der Waals surface area (Å²) in [6, 6.07) is 5.94. The second-order valence-electron chi connectivity index (χ2n) is 7.36. The van der Waals surface area contributed by atoms with Crippen LogP contribution in [0, 0.1) is 17.3 Å². The predicted molar refractivity (Wildman–Crippen MR) is 90.1 cm³/mol. The Kier molecular flexibility index (Phi) is 5.21. The van der Waals surface area contributed by atoms with Crippen LogP contribution in [0.15, 0.2) is 18.2 Å². The molecule has 1 saturated carbocycles. The summed E-state index contributed by atoms with van der Waals surface area (Å²) >= 11 is 6.22. The highest BCUT2D eigenvalue weighted by Gasteiger charge is 2.37. The van der Waals surface area contributed by atoms with E-state index in [9.17, 15) is 0 Å². The summed E-state index contributed by atoms with van der Waals surface area (Å²) in [5.41, 5.74) is 7.61. The maximum Gasteiger partial charge on any atom is 0.122 e. The van der Waals surface area contributed by atoms with Crippen LogP contribution in [0.2, 0.25) is 5.02 Å². The van der Waals surface area contributed by atoms with E-state index in [1.807, 2.05) is 12.1 Å². The van der Waals surface area contributed by atoms with E-state index in [-0.39, 0.29) is 0 Å². The third-order valence-corrected chi connectivity index (χ3v) is 5.35. The zero-order chi connectivity index (χ0) is 15.6. The first-order valence-electron chi connectivity index (χ1n) is 7.90. The van der Waals surface area contributed by atoms with E-state index in [2.05, 4.69) is 26.8 Å². The fourth-order valence-electron chi connectivity index (χ4n) is 3.68. The highest BCUT2D eigenvalue weighted by molar-refractivity contribution is 6.30. The number of benzene rings is 1. The molecule has 0 spiro atoms. The molecule has 0 amide bonds. The number of hydrogen-bond donors (Lipinski definition) is 1. The van der Waals surface area contributed by atoms with Crippen LogP contribution in [-0.4, -0.2) is 13.7 Å². The number of rotatable bonds is 3. The Morgan fingerprint density at radius 2 is 2.00 bits per heavy atom. The molecular weight excluding hydrogens is 282 g/mol. The van der Waals surface area contributed by atoms with Crippen LogP contribution in [-0.2, 0) is 0 Å². The maximum atomic E-state index is 6.22. The van der Waals surface area contributed by atoms with Gasteiger partial charge in [-0.1, -0.05) is 32.4 Å². The van der Waals surface area contributed by atoms with Crippen molar-refractivity contribution < 1.29 is 4.74 Å². The van der Waals surface area contributed by atoms with Crippen molar-refractivity contribution in [1.82, 2.24) is 0 Å². The monoisotopic (exact) mass is 309 g/mol. The van der Waals surface area contributed by atoms with Crippen molar-refractivity contribution in [3.05, 3.63) is 28.8 Å². The van der Waals surface area contributed by atoms with Crippen LogP contribution in [0.1, 0.15) is 51.5 Å². The summed E-state index contributed by atoms with van der Waals surface area (Å²) in [6.45, 7) is 7.75. The van der Waals surface area contributed by atoms with Gasteiger partial charge in [-0.15, -0.1) is 0 Å². The molecule has 0 bridgehead atoms. The molecule has 1 fully saturated rings. The molecule has 3 unspecified atom stereocenters. The van der Waals surface area contributed by atoms with Gasteiger partial charge < -0.3 is 10.5 Å². The van der Waals surface area contributed by atoms with Gasteiger partial charge in [-0.25, -0.2) is 0 Å². The summed E-state index contributed by atoms with van der Waals surface area (Å²) < 4.78 is 5.57. The van der Waals surface area contributed by atoms with Crippen molar-refractivity contribution in [3.8, 4) is 5.75 Å². The van der Waals surface area contributed by atoms with Gasteiger partial charge in [-0.2, -0.15) is 0 Å². The molecule has 1 aromatic carbocycles. The van der Waals surface area contributed by atoms with Gasteiger partial charge in [0.1, 0.15) is 5.75 Å². The van der Waals surface area contributed by atoms with Crippen LogP contribution in [0.3, 0.4) is 0 Å². The van der Waals surface area contributed by atoms with Gasteiger partial charge in [-0.05, 0) is 72.7 Å². The highest BCUT2D eigenvalue weighted by Crippen LogP contribution is 2.48. The zero-order valence-corrected chi connectivity index (χ0v) is 14.4. The Labute approximate surface area is 134 Å².